The lowest BCUT2D eigenvalue weighted by Crippen LogP contribution is -2.52. The predicted molar refractivity (Wildman–Crippen MR) is 103 cm³/mol. The zero-order chi connectivity index (χ0) is 18.4. The molecule has 7 nitrogen and oxygen atoms in total. The Balaban J connectivity index is 0.00000338. The van der Waals surface area contributed by atoms with Gasteiger partial charge in [0.2, 0.25) is 15.9 Å². The summed E-state index contributed by atoms with van der Waals surface area (Å²) in [7, 11) is -1.90. The van der Waals surface area contributed by atoms with Crippen LogP contribution in [0.25, 0.3) is 0 Å². The van der Waals surface area contributed by atoms with Crippen molar-refractivity contribution in [1.29, 1.82) is 0 Å². The minimum absolute atomic E-state index is 0. The van der Waals surface area contributed by atoms with Crippen molar-refractivity contribution >= 4 is 28.3 Å². The number of rotatable bonds is 7. The average Bonchev–Trinajstić information content (AvgIpc) is 2.61. The summed E-state index contributed by atoms with van der Waals surface area (Å²) in [5.74, 6) is -0.0145. The molecule has 1 aromatic carbocycles. The number of hydrogen-bond acceptors (Lipinski definition) is 5. The molecule has 1 saturated heterocycles. The van der Waals surface area contributed by atoms with Crippen molar-refractivity contribution in [3.05, 3.63) is 29.3 Å². The van der Waals surface area contributed by atoms with Crippen molar-refractivity contribution in [3.63, 3.8) is 0 Å². The van der Waals surface area contributed by atoms with Crippen molar-refractivity contribution in [2.75, 3.05) is 53.0 Å². The van der Waals surface area contributed by atoms with E-state index in [2.05, 4.69) is 5.32 Å². The molecule has 0 radical (unpaired) electrons. The average molecular weight is 406 g/mol. The van der Waals surface area contributed by atoms with E-state index >= 15 is 0 Å². The fourth-order valence-corrected chi connectivity index (χ4v) is 4.19. The van der Waals surface area contributed by atoms with Crippen LogP contribution in [-0.2, 0) is 19.6 Å². The van der Waals surface area contributed by atoms with Gasteiger partial charge in [0.05, 0.1) is 18.0 Å². The van der Waals surface area contributed by atoms with Crippen molar-refractivity contribution in [1.82, 2.24) is 14.5 Å². The highest BCUT2D eigenvalue weighted by atomic mass is 35.5. The first-order chi connectivity index (χ1) is 11.9. The molecule has 0 aromatic heterocycles. The van der Waals surface area contributed by atoms with Crippen molar-refractivity contribution < 1.29 is 17.9 Å². The van der Waals surface area contributed by atoms with Gasteiger partial charge in [-0.15, -0.1) is 12.4 Å². The summed E-state index contributed by atoms with van der Waals surface area (Å²) in [5, 5.41) is 3.01. The smallest absolute Gasteiger partial charge is 0.243 e. The Morgan fingerprint density at radius 1 is 1.15 bits per heavy atom. The summed E-state index contributed by atoms with van der Waals surface area (Å²) >= 11 is 0. The molecule has 1 heterocycles. The number of carbonyl (C=O) groups is 1. The number of ether oxygens (including phenoxy) is 1. The van der Waals surface area contributed by atoms with E-state index in [-0.39, 0.29) is 24.9 Å². The number of methoxy groups -OCH3 is 1. The highest BCUT2D eigenvalue weighted by Crippen LogP contribution is 2.20. The van der Waals surface area contributed by atoms with Crippen LogP contribution in [0, 0.1) is 13.8 Å². The molecule has 0 atom stereocenters. The number of halogens is 1. The quantitative estimate of drug-likeness (QED) is 0.678. The van der Waals surface area contributed by atoms with E-state index in [0.717, 1.165) is 11.1 Å². The lowest BCUT2D eigenvalue weighted by Gasteiger charge is -2.34. The molecule has 0 unspecified atom stereocenters. The van der Waals surface area contributed by atoms with Crippen LogP contribution in [0.15, 0.2) is 23.1 Å². The second-order valence-corrected chi connectivity index (χ2v) is 8.14. The van der Waals surface area contributed by atoms with Crippen LogP contribution in [0.3, 0.4) is 0 Å². The first-order valence-corrected chi connectivity index (χ1v) is 9.85. The van der Waals surface area contributed by atoms with Crippen molar-refractivity contribution in [2.45, 2.75) is 18.7 Å². The number of sulfonamides is 1. The third-order valence-corrected chi connectivity index (χ3v) is 6.36. The molecule has 1 aromatic rings. The summed E-state index contributed by atoms with van der Waals surface area (Å²) in [6.07, 6.45) is 0. The number of piperazine rings is 1. The number of aryl methyl sites for hydroxylation is 2. The molecule has 1 fully saturated rings. The number of carbonyl (C=O) groups excluding carboxylic acids is 1. The Labute approximate surface area is 162 Å². The summed E-state index contributed by atoms with van der Waals surface area (Å²) in [6.45, 7) is 6.73. The fraction of sp³-hybridized carbons (Fsp3) is 0.588. The van der Waals surface area contributed by atoms with Gasteiger partial charge in [0, 0.05) is 39.8 Å². The monoisotopic (exact) mass is 405 g/mol. The summed E-state index contributed by atoms with van der Waals surface area (Å²) < 4.78 is 31.9. The normalized spacial score (nSPS) is 15.6. The van der Waals surface area contributed by atoms with Gasteiger partial charge in [-0.2, -0.15) is 4.31 Å². The number of hydrogen-bond donors (Lipinski definition) is 1. The van der Waals surface area contributed by atoms with Gasteiger partial charge in [0.25, 0.3) is 0 Å². The Morgan fingerprint density at radius 2 is 1.81 bits per heavy atom. The lowest BCUT2D eigenvalue weighted by atomic mass is 10.1. The third-order valence-electron chi connectivity index (χ3n) is 4.47. The second-order valence-electron chi connectivity index (χ2n) is 6.20. The van der Waals surface area contributed by atoms with E-state index in [1.165, 1.54) is 4.31 Å². The zero-order valence-electron chi connectivity index (χ0n) is 15.5. The molecule has 1 amide bonds. The molecule has 0 saturated carbocycles. The zero-order valence-corrected chi connectivity index (χ0v) is 17.2. The van der Waals surface area contributed by atoms with Gasteiger partial charge in [-0.3, -0.25) is 4.79 Å². The Bertz CT molecular complexity index is 704. The van der Waals surface area contributed by atoms with Crippen LogP contribution in [0.5, 0.6) is 0 Å². The van der Waals surface area contributed by atoms with E-state index in [1.54, 1.807) is 24.1 Å². The van der Waals surface area contributed by atoms with Gasteiger partial charge < -0.3 is 15.0 Å². The Hall–Kier alpha value is -1.19. The van der Waals surface area contributed by atoms with Crippen LogP contribution in [0.1, 0.15) is 11.1 Å². The van der Waals surface area contributed by atoms with Gasteiger partial charge in [0.15, 0.2) is 0 Å². The standard InChI is InChI=1S/C17H27N3O4S.ClH/c1-14-4-5-16(12-15(14)2)25(22,23)20-9-7-19(8-10-20)17(21)13-18-6-11-24-3;/h4-5,12,18H,6-11,13H2,1-3H3;1H. The number of nitrogens with zero attached hydrogens (tertiary/aromatic N) is 2. The molecule has 148 valence electrons. The van der Waals surface area contributed by atoms with Gasteiger partial charge in [-0.1, -0.05) is 6.07 Å². The maximum Gasteiger partial charge on any atom is 0.243 e. The van der Waals surface area contributed by atoms with E-state index < -0.39 is 10.0 Å². The van der Waals surface area contributed by atoms with Crippen molar-refractivity contribution in [3.8, 4) is 0 Å². The summed E-state index contributed by atoms with van der Waals surface area (Å²) in [4.78, 5) is 14.1. The first-order valence-electron chi connectivity index (χ1n) is 8.41. The van der Waals surface area contributed by atoms with Gasteiger partial charge >= 0.3 is 0 Å². The molecule has 1 N–H and O–H groups in total. The second kappa shape index (κ2) is 10.2. The van der Waals surface area contributed by atoms with Gasteiger partial charge in [-0.05, 0) is 37.1 Å². The van der Waals surface area contributed by atoms with E-state index in [0.29, 0.717) is 44.2 Å². The largest absolute Gasteiger partial charge is 0.383 e. The van der Waals surface area contributed by atoms with Gasteiger partial charge in [0.1, 0.15) is 0 Å². The van der Waals surface area contributed by atoms with E-state index in [4.69, 9.17) is 4.74 Å². The van der Waals surface area contributed by atoms with Crippen LogP contribution >= 0.6 is 12.4 Å². The fourth-order valence-electron chi connectivity index (χ4n) is 2.68. The molecule has 1 aliphatic rings. The third kappa shape index (κ3) is 5.65. The van der Waals surface area contributed by atoms with E-state index in [1.807, 2.05) is 19.9 Å². The topological polar surface area (TPSA) is 79.0 Å². The Kier molecular flexibility index (Phi) is 8.99. The molecule has 2 rings (SSSR count). The molecule has 0 spiro atoms. The molecule has 0 bridgehead atoms. The maximum absolute atomic E-state index is 12.8. The number of nitrogens with one attached hydrogen (secondary N) is 1. The minimum atomic E-state index is -3.51. The number of benzene rings is 1. The molecule has 1 aliphatic heterocycles. The SMILES string of the molecule is COCCNCC(=O)N1CCN(S(=O)(=O)c2ccc(C)c(C)c2)CC1.Cl. The predicted octanol–water partition coefficient (Wildman–Crippen LogP) is 0.794. The molecular formula is C17H28ClN3O4S. The van der Waals surface area contributed by atoms with Crippen LogP contribution < -0.4 is 5.32 Å². The van der Waals surface area contributed by atoms with Crippen LogP contribution in [-0.4, -0.2) is 76.5 Å². The molecule has 9 heteroatoms. The number of amides is 1. The maximum atomic E-state index is 12.8. The minimum Gasteiger partial charge on any atom is -0.383 e. The Morgan fingerprint density at radius 3 is 2.38 bits per heavy atom. The molecular weight excluding hydrogens is 378 g/mol. The van der Waals surface area contributed by atoms with Crippen LogP contribution in [0.4, 0.5) is 0 Å². The summed E-state index contributed by atoms with van der Waals surface area (Å²) in [6, 6.07) is 5.19. The van der Waals surface area contributed by atoms with Gasteiger partial charge in [-0.25, -0.2) is 8.42 Å². The highest BCUT2D eigenvalue weighted by molar-refractivity contribution is 7.89. The lowest BCUT2D eigenvalue weighted by molar-refractivity contribution is -0.131. The van der Waals surface area contributed by atoms with Crippen molar-refractivity contribution in [2.24, 2.45) is 0 Å². The van der Waals surface area contributed by atoms with E-state index in [9.17, 15) is 13.2 Å². The van der Waals surface area contributed by atoms with Crippen LogP contribution in [0.2, 0.25) is 0 Å². The first kappa shape index (κ1) is 22.9. The highest BCUT2D eigenvalue weighted by Gasteiger charge is 2.30. The summed E-state index contributed by atoms with van der Waals surface area (Å²) in [5.41, 5.74) is 2.02. The molecule has 0 aliphatic carbocycles. The molecule has 26 heavy (non-hydrogen) atoms.